The van der Waals surface area contributed by atoms with Gasteiger partial charge in [0.25, 0.3) is 0 Å². The van der Waals surface area contributed by atoms with E-state index in [2.05, 4.69) is 222 Å². The fourth-order valence-corrected chi connectivity index (χ4v) is 9.28. The number of aromatic nitrogens is 1. The van der Waals surface area contributed by atoms with Gasteiger partial charge in [0.1, 0.15) is 0 Å². The van der Waals surface area contributed by atoms with Crippen LogP contribution in [0.3, 0.4) is 0 Å². The number of benzene rings is 6. The monoisotopic (exact) mass is 776 g/mol. The van der Waals surface area contributed by atoms with Crippen molar-refractivity contribution < 1.29 is 0 Å². The lowest BCUT2D eigenvalue weighted by atomic mass is 9.85. The van der Waals surface area contributed by atoms with Gasteiger partial charge in [0.05, 0.1) is 10.9 Å². The van der Waals surface area contributed by atoms with Gasteiger partial charge >= 0.3 is 0 Å². The van der Waals surface area contributed by atoms with Crippen molar-refractivity contribution in [3.63, 3.8) is 0 Å². The predicted molar refractivity (Wildman–Crippen MR) is 252 cm³/mol. The summed E-state index contributed by atoms with van der Waals surface area (Å²) in [6.45, 7) is 14.3. The number of para-hydroxylation sites is 1. The summed E-state index contributed by atoms with van der Waals surface area (Å²) < 4.78 is 2.49. The first-order valence-corrected chi connectivity index (χ1v) is 21.6. The zero-order chi connectivity index (χ0) is 40.5. The minimum Gasteiger partial charge on any atom is -0.348 e. The van der Waals surface area contributed by atoms with E-state index in [1.165, 1.54) is 72.1 Å². The van der Waals surface area contributed by atoms with Gasteiger partial charge in [-0.2, -0.15) is 0 Å². The third-order valence-corrected chi connectivity index (χ3v) is 12.0. The van der Waals surface area contributed by atoms with Gasteiger partial charge in [-0.3, -0.25) is 4.99 Å². The maximum atomic E-state index is 5.73. The van der Waals surface area contributed by atoms with Crippen molar-refractivity contribution in [2.24, 2.45) is 10.4 Å². The predicted octanol–water partition coefficient (Wildman–Crippen LogP) is 15.7. The van der Waals surface area contributed by atoms with Crippen molar-refractivity contribution in [1.29, 1.82) is 0 Å². The van der Waals surface area contributed by atoms with E-state index in [9.17, 15) is 0 Å². The lowest BCUT2D eigenvalue weighted by molar-refractivity contribution is 0.543. The molecule has 0 spiro atoms. The maximum Gasteiger partial charge on any atom is 0.0661 e. The topological polar surface area (TPSA) is 17.3 Å². The van der Waals surface area contributed by atoms with Crippen LogP contribution in [-0.4, -0.2) is 15.5 Å². The molecule has 2 nitrogen and oxygen atoms in total. The van der Waals surface area contributed by atoms with Gasteiger partial charge < -0.3 is 4.57 Å². The third kappa shape index (κ3) is 9.72. The van der Waals surface area contributed by atoms with Crippen LogP contribution in [0.5, 0.6) is 0 Å². The Kier molecular flexibility index (Phi) is 13.1. The van der Waals surface area contributed by atoms with E-state index in [0.717, 1.165) is 31.5 Å². The van der Waals surface area contributed by atoms with Gasteiger partial charge in [-0.05, 0) is 88.9 Å². The second-order valence-electron chi connectivity index (χ2n) is 16.3. The molecule has 0 unspecified atom stereocenters. The average molecular weight is 777 g/mol. The summed E-state index contributed by atoms with van der Waals surface area (Å²) in [5.74, 6) is 0. The molecular formula is C55H56N2S. The number of aryl methyl sites for hydroxylation is 3. The van der Waals surface area contributed by atoms with E-state index in [4.69, 9.17) is 4.99 Å². The Bertz CT molecular complexity index is 2350. The van der Waals surface area contributed by atoms with Crippen LogP contribution in [-0.2, 0) is 13.0 Å². The Balaban J connectivity index is 1.58. The summed E-state index contributed by atoms with van der Waals surface area (Å²) in [4.78, 5) is 6.99. The van der Waals surface area contributed by atoms with Crippen molar-refractivity contribution in [3.05, 3.63) is 193 Å². The summed E-state index contributed by atoms with van der Waals surface area (Å²) in [6, 6.07) is 59.6. The number of rotatable bonds is 14. The minimum atomic E-state index is -0.0105. The fourth-order valence-electron chi connectivity index (χ4n) is 7.79. The summed E-state index contributed by atoms with van der Waals surface area (Å²) in [5, 5.41) is -0.0105. The molecule has 0 amide bonds. The summed E-state index contributed by atoms with van der Waals surface area (Å²) >= 11 is 1.98. The van der Waals surface area contributed by atoms with E-state index in [1.807, 2.05) is 11.8 Å². The summed E-state index contributed by atoms with van der Waals surface area (Å²) in [7, 11) is 0. The second-order valence-corrected chi connectivity index (χ2v) is 17.5. The first kappa shape index (κ1) is 40.6. The molecule has 0 aliphatic heterocycles. The SMILES string of the molecule is CCCc1ccccc1/N=C(\C/C=C/C(C)(C)C)[C@H](Cn1c(C)ccc1C)Sc1c(-c2ccccc2)c(-c2ccccc2)cc(-c2ccccc2)c1-c1ccccc1. The molecule has 58 heavy (non-hydrogen) atoms. The third-order valence-electron chi connectivity index (χ3n) is 10.7. The quantitative estimate of drug-likeness (QED) is 0.0611. The molecule has 6 aromatic carbocycles. The zero-order valence-electron chi connectivity index (χ0n) is 35.0. The molecule has 0 fully saturated rings. The number of hydrogen-bond donors (Lipinski definition) is 0. The Labute approximate surface area is 351 Å². The molecule has 292 valence electrons. The molecule has 0 saturated heterocycles. The summed E-state index contributed by atoms with van der Waals surface area (Å²) in [6.07, 6.45) is 7.52. The highest BCUT2D eigenvalue weighted by molar-refractivity contribution is 8.01. The Morgan fingerprint density at radius 2 is 1.09 bits per heavy atom. The number of allylic oxidation sites excluding steroid dienone is 2. The van der Waals surface area contributed by atoms with Crippen LogP contribution in [0.25, 0.3) is 44.5 Å². The highest BCUT2D eigenvalue weighted by Gasteiger charge is 2.28. The molecule has 7 rings (SSSR count). The standard InChI is InChI=1S/C55H56N2S/c1-7-23-44-28-20-21-33-49(44)56-50(34-22-37-55(4,5)6)51(39-57-40(2)35-36-41(57)3)58-54-52(45-29-16-10-17-30-45)47(42-24-12-8-13-25-42)38-48(43-26-14-9-15-27-43)53(54)46-31-18-11-19-32-46/h8-22,24-33,35-38,51H,7,23,34,39H2,1-6H3/b37-22+,56-50+/t51-/m0/s1. The highest BCUT2D eigenvalue weighted by Crippen LogP contribution is 2.51. The van der Waals surface area contributed by atoms with Gasteiger partial charge in [0.2, 0.25) is 0 Å². The van der Waals surface area contributed by atoms with E-state index in [1.54, 1.807) is 0 Å². The molecule has 1 heterocycles. The average Bonchev–Trinajstić information content (AvgIpc) is 3.56. The molecule has 1 aromatic heterocycles. The van der Waals surface area contributed by atoms with Crippen molar-refractivity contribution in [2.45, 2.75) is 77.5 Å². The molecule has 7 aromatic rings. The van der Waals surface area contributed by atoms with Crippen molar-refractivity contribution in [3.8, 4) is 44.5 Å². The molecular weight excluding hydrogens is 721 g/mol. The highest BCUT2D eigenvalue weighted by atomic mass is 32.2. The number of nitrogens with zero attached hydrogens (tertiary/aromatic N) is 2. The van der Waals surface area contributed by atoms with E-state index >= 15 is 0 Å². The Morgan fingerprint density at radius 3 is 1.57 bits per heavy atom. The zero-order valence-corrected chi connectivity index (χ0v) is 35.8. The van der Waals surface area contributed by atoms with Crippen LogP contribution < -0.4 is 0 Å². The largest absolute Gasteiger partial charge is 0.348 e. The Morgan fingerprint density at radius 1 is 0.621 bits per heavy atom. The minimum absolute atomic E-state index is 0.0105. The maximum absolute atomic E-state index is 5.73. The molecule has 3 heteroatoms. The molecule has 0 saturated carbocycles. The second kappa shape index (κ2) is 18.7. The molecule has 0 aliphatic carbocycles. The van der Waals surface area contributed by atoms with Crippen LogP contribution in [0, 0.1) is 19.3 Å². The molecule has 0 aliphatic rings. The molecule has 0 bridgehead atoms. The molecule has 1 atom stereocenters. The first-order chi connectivity index (χ1) is 28.2. The van der Waals surface area contributed by atoms with Crippen LogP contribution in [0.15, 0.2) is 186 Å². The Hall–Kier alpha value is -5.64. The van der Waals surface area contributed by atoms with Crippen LogP contribution >= 0.6 is 11.8 Å². The number of thioether (sulfide) groups is 1. The van der Waals surface area contributed by atoms with Crippen LogP contribution in [0.1, 0.15) is 57.5 Å². The lowest BCUT2D eigenvalue weighted by Crippen LogP contribution is -2.25. The number of hydrogen-bond acceptors (Lipinski definition) is 2. The van der Waals surface area contributed by atoms with E-state index in [-0.39, 0.29) is 10.7 Å². The summed E-state index contributed by atoms with van der Waals surface area (Å²) in [5.41, 5.74) is 15.8. The van der Waals surface area contributed by atoms with Gasteiger partial charge in [-0.25, -0.2) is 0 Å². The van der Waals surface area contributed by atoms with Crippen molar-refractivity contribution >= 4 is 23.2 Å². The van der Waals surface area contributed by atoms with Gasteiger partial charge in [-0.1, -0.05) is 186 Å². The van der Waals surface area contributed by atoms with Gasteiger partial charge in [-0.15, -0.1) is 11.8 Å². The van der Waals surface area contributed by atoms with Gasteiger partial charge in [0.15, 0.2) is 0 Å². The van der Waals surface area contributed by atoms with E-state index in [0.29, 0.717) is 0 Å². The normalized spacial score (nSPS) is 12.6. The molecule has 0 N–H and O–H groups in total. The van der Waals surface area contributed by atoms with E-state index < -0.39 is 0 Å². The molecule has 0 radical (unpaired) electrons. The van der Waals surface area contributed by atoms with Gasteiger partial charge in [0, 0.05) is 46.1 Å². The number of aliphatic imine (C=N–C) groups is 1. The first-order valence-electron chi connectivity index (χ1n) is 20.7. The van der Waals surface area contributed by atoms with Crippen molar-refractivity contribution in [2.75, 3.05) is 0 Å². The fraction of sp³-hybridized carbons (Fsp3) is 0.218. The van der Waals surface area contributed by atoms with Crippen LogP contribution in [0.4, 0.5) is 5.69 Å². The smallest absolute Gasteiger partial charge is 0.0661 e. The van der Waals surface area contributed by atoms with Crippen LogP contribution in [0.2, 0.25) is 0 Å². The lowest BCUT2D eigenvalue weighted by Gasteiger charge is -2.28. The van der Waals surface area contributed by atoms with Crippen molar-refractivity contribution in [1.82, 2.24) is 4.57 Å².